The van der Waals surface area contributed by atoms with Crippen LogP contribution in [0.1, 0.15) is 46.5 Å². The molecule has 0 aromatic heterocycles. The van der Waals surface area contributed by atoms with Gasteiger partial charge in [-0.25, -0.2) is 0 Å². The smallest absolute Gasteiger partial charge is 0.0584 e. The van der Waals surface area contributed by atoms with Crippen LogP contribution in [0.3, 0.4) is 0 Å². The normalized spacial score (nSPS) is 29.1. The fourth-order valence-corrected chi connectivity index (χ4v) is 2.22. The Morgan fingerprint density at radius 3 is 2.62 bits per heavy atom. The maximum absolute atomic E-state index is 9.09. The molecule has 1 saturated carbocycles. The minimum absolute atomic E-state index is 0.267. The molecule has 0 aliphatic heterocycles. The Bertz CT molecular complexity index is 152. The van der Waals surface area contributed by atoms with Crippen LogP contribution in [0.25, 0.3) is 0 Å². The van der Waals surface area contributed by atoms with Crippen LogP contribution in [-0.4, -0.2) is 23.8 Å². The van der Waals surface area contributed by atoms with E-state index in [0.717, 1.165) is 6.42 Å². The second-order valence-corrected chi connectivity index (χ2v) is 4.89. The highest BCUT2D eigenvalue weighted by molar-refractivity contribution is 4.91. The summed E-state index contributed by atoms with van der Waals surface area (Å²) in [5, 5.41) is 12.6. The topological polar surface area (TPSA) is 32.3 Å². The first-order valence-corrected chi connectivity index (χ1v) is 5.47. The molecule has 0 aromatic carbocycles. The zero-order valence-corrected chi connectivity index (χ0v) is 9.14. The summed E-state index contributed by atoms with van der Waals surface area (Å²) in [4.78, 5) is 0. The van der Waals surface area contributed by atoms with Crippen LogP contribution in [0.15, 0.2) is 0 Å². The highest BCUT2D eigenvalue weighted by Gasteiger charge is 2.34. The monoisotopic (exact) mass is 185 g/mol. The molecular weight excluding hydrogens is 162 g/mol. The van der Waals surface area contributed by atoms with Gasteiger partial charge in [-0.3, -0.25) is 0 Å². The van der Waals surface area contributed by atoms with E-state index >= 15 is 0 Å². The van der Waals surface area contributed by atoms with Gasteiger partial charge in [0, 0.05) is 12.1 Å². The van der Waals surface area contributed by atoms with Gasteiger partial charge in [-0.15, -0.1) is 0 Å². The van der Waals surface area contributed by atoms with Crippen LogP contribution < -0.4 is 5.32 Å². The van der Waals surface area contributed by atoms with Crippen molar-refractivity contribution < 1.29 is 5.11 Å². The average Bonchev–Trinajstić information content (AvgIpc) is 2.41. The maximum atomic E-state index is 9.09. The SMILES string of the molecule is CC[C@@H](CO)NC1CCCC1(C)C. The molecule has 2 nitrogen and oxygen atoms in total. The van der Waals surface area contributed by atoms with Gasteiger partial charge in [-0.2, -0.15) is 0 Å². The van der Waals surface area contributed by atoms with E-state index in [9.17, 15) is 0 Å². The molecule has 1 aliphatic carbocycles. The Kier molecular flexibility index (Phi) is 3.74. The first-order chi connectivity index (χ1) is 6.10. The number of nitrogens with one attached hydrogen (secondary N) is 1. The predicted octanol–water partition coefficient (Wildman–Crippen LogP) is 1.93. The van der Waals surface area contributed by atoms with Crippen LogP contribution in [0.5, 0.6) is 0 Å². The van der Waals surface area contributed by atoms with Gasteiger partial charge in [0.25, 0.3) is 0 Å². The third kappa shape index (κ3) is 2.68. The molecule has 1 unspecified atom stereocenters. The summed E-state index contributed by atoms with van der Waals surface area (Å²) in [7, 11) is 0. The lowest BCUT2D eigenvalue weighted by atomic mass is 9.87. The van der Waals surface area contributed by atoms with Crippen molar-refractivity contribution in [3.8, 4) is 0 Å². The van der Waals surface area contributed by atoms with E-state index in [4.69, 9.17) is 5.11 Å². The zero-order valence-electron chi connectivity index (χ0n) is 9.14. The third-order valence-electron chi connectivity index (χ3n) is 3.41. The third-order valence-corrected chi connectivity index (χ3v) is 3.41. The van der Waals surface area contributed by atoms with E-state index in [1.807, 2.05) is 0 Å². The van der Waals surface area contributed by atoms with E-state index in [1.165, 1.54) is 19.3 Å². The Labute approximate surface area is 81.7 Å². The van der Waals surface area contributed by atoms with Gasteiger partial charge in [-0.05, 0) is 24.7 Å². The molecule has 78 valence electrons. The Morgan fingerprint density at radius 1 is 1.54 bits per heavy atom. The average molecular weight is 185 g/mol. The van der Waals surface area contributed by atoms with Crippen LogP contribution >= 0.6 is 0 Å². The van der Waals surface area contributed by atoms with Crippen LogP contribution in [0, 0.1) is 5.41 Å². The number of aliphatic hydroxyl groups is 1. The van der Waals surface area contributed by atoms with E-state index in [0.29, 0.717) is 17.5 Å². The molecule has 1 fully saturated rings. The molecule has 0 amide bonds. The molecule has 0 aromatic rings. The van der Waals surface area contributed by atoms with Crippen molar-refractivity contribution in [3.05, 3.63) is 0 Å². The molecule has 0 radical (unpaired) electrons. The van der Waals surface area contributed by atoms with Gasteiger partial charge in [0.05, 0.1) is 6.61 Å². The standard InChI is InChI=1S/C11H23NO/c1-4-9(8-13)12-10-6-5-7-11(10,2)3/h9-10,12-13H,4-8H2,1-3H3/t9-,10?/m0/s1. The molecule has 2 heteroatoms. The van der Waals surface area contributed by atoms with E-state index in [1.54, 1.807) is 0 Å². The van der Waals surface area contributed by atoms with Crippen molar-refractivity contribution in [1.82, 2.24) is 5.32 Å². The fraction of sp³-hybridized carbons (Fsp3) is 1.00. The van der Waals surface area contributed by atoms with Gasteiger partial charge in [0.15, 0.2) is 0 Å². The largest absolute Gasteiger partial charge is 0.395 e. The predicted molar refractivity (Wildman–Crippen MR) is 55.7 cm³/mol. The van der Waals surface area contributed by atoms with Crippen molar-refractivity contribution in [2.75, 3.05) is 6.61 Å². The van der Waals surface area contributed by atoms with E-state index < -0.39 is 0 Å². The van der Waals surface area contributed by atoms with Crippen molar-refractivity contribution in [2.24, 2.45) is 5.41 Å². The quantitative estimate of drug-likeness (QED) is 0.701. The molecule has 2 N–H and O–H groups in total. The zero-order chi connectivity index (χ0) is 9.90. The lowest BCUT2D eigenvalue weighted by Gasteiger charge is -2.31. The van der Waals surface area contributed by atoms with Crippen LogP contribution in [0.2, 0.25) is 0 Å². The second kappa shape index (κ2) is 4.43. The molecule has 0 heterocycles. The molecule has 1 rings (SSSR count). The lowest BCUT2D eigenvalue weighted by molar-refractivity contribution is 0.194. The molecule has 0 bridgehead atoms. The number of aliphatic hydroxyl groups excluding tert-OH is 1. The Balaban J connectivity index is 2.43. The summed E-state index contributed by atoms with van der Waals surface area (Å²) in [6.45, 7) is 7.03. The summed E-state index contributed by atoms with van der Waals surface area (Å²) in [6, 6.07) is 0.895. The first-order valence-electron chi connectivity index (χ1n) is 5.47. The van der Waals surface area contributed by atoms with Crippen LogP contribution in [-0.2, 0) is 0 Å². The van der Waals surface area contributed by atoms with Gasteiger partial charge in [0.1, 0.15) is 0 Å². The Hall–Kier alpha value is -0.0800. The highest BCUT2D eigenvalue weighted by atomic mass is 16.3. The summed E-state index contributed by atoms with van der Waals surface area (Å²) in [5.41, 5.74) is 0.419. The van der Waals surface area contributed by atoms with Gasteiger partial charge in [0.2, 0.25) is 0 Å². The van der Waals surface area contributed by atoms with E-state index in [-0.39, 0.29) is 6.61 Å². The van der Waals surface area contributed by atoms with Crippen molar-refractivity contribution >= 4 is 0 Å². The minimum Gasteiger partial charge on any atom is -0.395 e. The van der Waals surface area contributed by atoms with Gasteiger partial charge >= 0.3 is 0 Å². The molecule has 2 atom stereocenters. The van der Waals surface area contributed by atoms with Gasteiger partial charge in [-0.1, -0.05) is 27.2 Å². The first kappa shape index (κ1) is 11.0. The molecule has 13 heavy (non-hydrogen) atoms. The summed E-state index contributed by atoms with van der Waals surface area (Å²) >= 11 is 0. The number of rotatable bonds is 4. The lowest BCUT2D eigenvalue weighted by Crippen LogP contribution is -2.45. The maximum Gasteiger partial charge on any atom is 0.0584 e. The summed E-state index contributed by atoms with van der Waals surface area (Å²) < 4.78 is 0. The van der Waals surface area contributed by atoms with Crippen molar-refractivity contribution in [3.63, 3.8) is 0 Å². The van der Waals surface area contributed by atoms with E-state index in [2.05, 4.69) is 26.1 Å². The molecule has 0 saturated heterocycles. The fourth-order valence-electron chi connectivity index (χ4n) is 2.22. The number of hydrogen-bond acceptors (Lipinski definition) is 2. The number of hydrogen-bond donors (Lipinski definition) is 2. The van der Waals surface area contributed by atoms with Gasteiger partial charge < -0.3 is 10.4 Å². The highest BCUT2D eigenvalue weighted by Crippen LogP contribution is 2.37. The van der Waals surface area contributed by atoms with Crippen LogP contribution in [0.4, 0.5) is 0 Å². The van der Waals surface area contributed by atoms with Crippen molar-refractivity contribution in [1.29, 1.82) is 0 Å². The van der Waals surface area contributed by atoms with Crippen molar-refractivity contribution in [2.45, 2.75) is 58.5 Å². The minimum atomic E-state index is 0.267. The Morgan fingerprint density at radius 2 is 2.23 bits per heavy atom. The molecular formula is C11H23NO. The molecule has 0 spiro atoms. The summed E-state index contributed by atoms with van der Waals surface area (Å²) in [6.07, 6.45) is 4.92. The molecule has 1 aliphatic rings. The second-order valence-electron chi connectivity index (χ2n) is 4.89. The summed E-state index contributed by atoms with van der Waals surface area (Å²) in [5.74, 6) is 0.